The van der Waals surface area contributed by atoms with Gasteiger partial charge in [-0.2, -0.15) is 0 Å². The molecule has 2 fully saturated rings. The molecule has 2 heteroatoms. The van der Waals surface area contributed by atoms with Gasteiger partial charge in [0.1, 0.15) is 0 Å². The van der Waals surface area contributed by atoms with Gasteiger partial charge >= 0.3 is 0 Å². The summed E-state index contributed by atoms with van der Waals surface area (Å²) in [6, 6.07) is 1.42. The van der Waals surface area contributed by atoms with Crippen molar-refractivity contribution in [2.24, 2.45) is 11.8 Å². The Labute approximate surface area is 93.8 Å². The third kappa shape index (κ3) is 3.18. The van der Waals surface area contributed by atoms with Crippen LogP contribution in [0.1, 0.15) is 46.0 Å². The Hall–Kier alpha value is -0.0800. The molecule has 2 atom stereocenters. The van der Waals surface area contributed by atoms with Crippen LogP contribution >= 0.6 is 0 Å². The topological polar surface area (TPSA) is 21.3 Å². The number of hydrogen-bond acceptors (Lipinski definition) is 2. The molecule has 1 saturated heterocycles. The van der Waals surface area contributed by atoms with Crippen molar-refractivity contribution in [2.75, 3.05) is 13.2 Å². The zero-order valence-corrected chi connectivity index (χ0v) is 10.2. The van der Waals surface area contributed by atoms with E-state index in [0.717, 1.165) is 31.1 Å². The molecule has 1 heterocycles. The maximum Gasteiger partial charge on any atom is 0.0643 e. The van der Waals surface area contributed by atoms with Crippen molar-refractivity contribution in [1.82, 2.24) is 5.32 Å². The summed E-state index contributed by atoms with van der Waals surface area (Å²) in [4.78, 5) is 0. The van der Waals surface area contributed by atoms with Crippen LogP contribution in [0.3, 0.4) is 0 Å². The lowest BCUT2D eigenvalue weighted by Crippen LogP contribution is -2.50. The van der Waals surface area contributed by atoms with E-state index < -0.39 is 0 Å². The molecule has 0 amide bonds. The third-order valence-electron chi connectivity index (χ3n) is 4.07. The van der Waals surface area contributed by atoms with Gasteiger partial charge in [-0.3, -0.25) is 0 Å². The van der Waals surface area contributed by atoms with Crippen LogP contribution in [0, 0.1) is 11.8 Å². The lowest BCUT2D eigenvalue weighted by Gasteiger charge is -2.31. The lowest BCUT2D eigenvalue weighted by molar-refractivity contribution is -0.0108. The third-order valence-corrected chi connectivity index (χ3v) is 4.07. The molecule has 1 aliphatic heterocycles. The molecule has 2 aliphatic rings. The zero-order chi connectivity index (χ0) is 10.7. The maximum absolute atomic E-state index is 5.20. The van der Waals surface area contributed by atoms with Crippen LogP contribution in [0.2, 0.25) is 0 Å². The van der Waals surface area contributed by atoms with E-state index >= 15 is 0 Å². The highest BCUT2D eigenvalue weighted by molar-refractivity contribution is 4.82. The molecule has 0 spiro atoms. The Bertz CT molecular complexity index is 189. The lowest BCUT2D eigenvalue weighted by atomic mass is 9.89. The van der Waals surface area contributed by atoms with Crippen LogP contribution in [0.4, 0.5) is 0 Å². The fourth-order valence-corrected chi connectivity index (χ4v) is 2.83. The maximum atomic E-state index is 5.20. The molecular weight excluding hydrogens is 186 g/mol. The fraction of sp³-hybridized carbons (Fsp3) is 1.00. The Kier molecular flexibility index (Phi) is 4.04. The van der Waals surface area contributed by atoms with Gasteiger partial charge in [-0.25, -0.2) is 0 Å². The molecule has 2 rings (SSSR count). The average molecular weight is 211 g/mol. The Morgan fingerprint density at radius 2 is 1.80 bits per heavy atom. The average Bonchev–Trinajstić information content (AvgIpc) is 2.36. The van der Waals surface area contributed by atoms with E-state index in [2.05, 4.69) is 19.2 Å². The van der Waals surface area contributed by atoms with Gasteiger partial charge in [-0.05, 0) is 31.1 Å². The van der Waals surface area contributed by atoms with Crippen molar-refractivity contribution >= 4 is 0 Å². The summed E-state index contributed by atoms with van der Waals surface area (Å²) in [5.74, 6) is 1.84. The van der Waals surface area contributed by atoms with E-state index in [9.17, 15) is 0 Å². The number of ether oxygens (including phenoxy) is 1. The number of hydrogen-bond donors (Lipinski definition) is 1. The summed E-state index contributed by atoms with van der Waals surface area (Å²) in [6.07, 6.45) is 7.02. The molecule has 0 aromatic heterocycles. The Morgan fingerprint density at radius 3 is 2.40 bits per heavy atom. The predicted molar refractivity (Wildman–Crippen MR) is 62.9 cm³/mol. The van der Waals surface area contributed by atoms with E-state index in [1.165, 1.54) is 32.1 Å². The summed E-state index contributed by atoms with van der Waals surface area (Å²) in [5, 5.41) is 3.73. The molecule has 2 nitrogen and oxygen atoms in total. The molecule has 0 aromatic rings. The van der Waals surface area contributed by atoms with E-state index in [4.69, 9.17) is 4.74 Å². The first-order valence-electron chi connectivity index (χ1n) is 6.59. The largest absolute Gasteiger partial charge is 0.378 e. The van der Waals surface area contributed by atoms with Crippen LogP contribution in [0.25, 0.3) is 0 Å². The van der Waals surface area contributed by atoms with Crippen LogP contribution in [-0.2, 0) is 4.74 Å². The van der Waals surface area contributed by atoms with Gasteiger partial charge < -0.3 is 10.1 Å². The fourth-order valence-electron chi connectivity index (χ4n) is 2.83. The van der Waals surface area contributed by atoms with Crippen molar-refractivity contribution in [3.05, 3.63) is 0 Å². The summed E-state index contributed by atoms with van der Waals surface area (Å²) >= 11 is 0. The van der Waals surface area contributed by atoms with Crippen LogP contribution in [0.5, 0.6) is 0 Å². The normalized spacial score (nSPS) is 33.8. The van der Waals surface area contributed by atoms with Gasteiger partial charge in [0.05, 0.1) is 19.3 Å². The van der Waals surface area contributed by atoms with E-state index in [-0.39, 0.29) is 0 Å². The van der Waals surface area contributed by atoms with Crippen molar-refractivity contribution < 1.29 is 4.74 Å². The molecule has 88 valence electrons. The quantitative estimate of drug-likeness (QED) is 0.724. The zero-order valence-electron chi connectivity index (χ0n) is 10.2. The minimum absolute atomic E-state index is 0.658. The molecule has 15 heavy (non-hydrogen) atoms. The molecule has 1 saturated carbocycles. The van der Waals surface area contributed by atoms with Gasteiger partial charge in [0.25, 0.3) is 0 Å². The molecule has 0 aromatic carbocycles. The molecule has 0 bridgehead atoms. The number of nitrogens with one attached hydrogen (secondary N) is 1. The summed E-state index contributed by atoms with van der Waals surface area (Å²) in [5.41, 5.74) is 0. The predicted octanol–water partition coefficient (Wildman–Crippen LogP) is 2.58. The monoisotopic (exact) mass is 211 g/mol. The highest BCUT2D eigenvalue weighted by Gasteiger charge is 2.25. The van der Waals surface area contributed by atoms with Gasteiger partial charge in [-0.15, -0.1) is 0 Å². The second kappa shape index (κ2) is 5.31. The van der Waals surface area contributed by atoms with Gasteiger partial charge in [0.2, 0.25) is 0 Å². The van der Waals surface area contributed by atoms with E-state index in [1.54, 1.807) is 0 Å². The van der Waals surface area contributed by atoms with Crippen molar-refractivity contribution in [2.45, 2.75) is 58.0 Å². The molecule has 2 unspecified atom stereocenters. The first-order chi connectivity index (χ1) is 7.25. The summed E-state index contributed by atoms with van der Waals surface area (Å²) in [6.45, 7) is 6.62. The first kappa shape index (κ1) is 11.4. The van der Waals surface area contributed by atoms with Crippen molar-refractivity contribution in [3.63, 3.8) is 0 Å². The smallest absolute Gasteiger partial charge is 0.0643 e. The second-order valence-corrected chi connectivity index (χ2v) is 5.61. The van der Waals surface area contributed by atoms with E-state index in [1.807, 2.05) is 0 Å². The standard InChI is InChI=1S/C13H25NO/c1-10(2)11-4-3-5-12(7-6-11)14-13-8-15-9-13/h10-14H,3-9H2,1-2H3. The molecule has 1 aliphatic carbocycles. The highest BCUT2D eigenvalue weighted by Crippen LogP contribution is 2.29. The van der Waals surface area contributed by atoms with Crippen LogP contribution < -0.4 is 5.32 Å². The number of rotatable bonds is 3. The van der Waals surface area contributed by atoms with E-state index in [0.29, 0.717) is 6.04 Å². The summed E-state index contributed by atoms with van der Waals surface area (Å²) in [7, 11) is 0. The molecule has 0 radical (unpaired) electrons. The van der Waals surface area contributed by atoms with Crippen LogP contribution in [0.15, 0.2) is 0 Å². The SMILES string of the molecule is CC(C)C1CCCC(NC2COC2)CC1. The molecular formula is C13H25NO. The second-order valence-electron chi connectivity index (χ2n) is 5.61. The molecule has 1 N–H and O–H groups in total. The van der Waals surface area contributed by atoms with Crippen LogP contribution in [-0.4, -0.2) is 25.3 Å². The Morgan fingerprint density at radius 1 is 1.00 bits per heavy atom. The van der Waals surface area contributed by atoms with Gasteiger partial charge in [0.15, 0.2) is 0 Å². The van der Waals surface area contributed by atoms with Crippen molar-refractivity contribution in [1.29, 1.82) is 0 Å². The van der Waals surface area contributed by atoms with Gasteiger partial charge in [0, 0.05) is 6.04 Å². The summed E-state index contributed by atoms with van der Waals surface area (Å²) < 4.78 is 5.20. The van der Waals surface area contributed by atoms with Crippen molar-refractivity contribution in [3.8, 4) is 0 Å². The Balaban J connectivity index is 1.73. The minimum Gasteiger partial charge on any atom is -0.378 e. The van der Waals surface area contributed by atoms with Gasteiger partial charge in [-0.1, -0.05) is 26.7 Å². The minimum atomic E-state index is 0.658. The highest BCUT2D eigenvalue weighted by atomic mass is 16.5. The first-order valence-corrected chi connectivity index (χ1v) is 6.59.